The first kappa shape index (κ1) is 21.1. The molecule has 3 aromatic rings. The van der Waals surface area contributed by atoms with E-state index in [9.17, 15) is 9.59 Å². The largest absolute Gasteiger partial charge is 0.478 e. The van der Waals surface area contributed by atoms with Crippen LogP contribution in [-0.2, 0) is 13.0 Å². The highest BCUT2D eigenvalue weighted by atomic mass is 79.9. The third-order valence-electron chi connectivity index (χ3n) is 5.62. The molecule has 5 nitrogen and oxygen atoms in total. The van der Waals surface area contributed by atoms with Gasteiger partial charge in [0, 0.05) is 17.6 Å². The minimum Gasteiger partial charge on any atom is -0.478 e. The van der Waals surface area contributed by atoms with Crippen LogP contribution >= 0.6 is 15.9 Å². The van der Waals surface area contributed by atoms with Crippen molar-refractivity contribution in [2.24, 2.45) is 0 Å². The van der Waals surface area contributed by atoms with Gasteiger partial charge in [-0.1, -0.05) is 52.3 Å². The Morgan fingerprint density at radius 2 is 1.77 bits per heavy atom. The van der Waals surface area contributed by atoms with Crippen molar-refractivity contribution in [3.8, 4) is 0 Å². The Bertz CT molecular complexity index is 1110. The molecular weight excluding hydrogens is 456 g/mol. The quantitative estimate of drug-likeness (QED) is 0.510. The molecule has 1 aliphatic rings. The zero-order valence-corrected chi connectivity index (χ0v) is 18.7. The number of carbonyl (C=O) groups is 2. The van der Waals surface area contributed by atoms with E-state index >= 15 is 0 Å². The highest BCUT2D eigenvalue weighted by Gasteiger charge is 2.26. The Hall–Kier alpha value is -3.12. The van der Waals surface area contributed by atoms with Crippen LogP contribution < -0.4 is 10.2 Å². The summed E-state index contributed by atoms with van der Waals surface area (Å²) in [4.78, 5) is 26.5. The zero-order valence-electron chi connectivity index (χ0n) is 17.1. The molecule has 0 saturated carbocycles. The van der Waals surface area contributed by atoms with Crippen LogP contribution in [0.5, 0.6) is 0 Å². The molecule has 4 rings (SSSR count). The van der Waals surface area contributed by atoms with Crippen LogP contribution in [0.25, 0.3) is 0 Å². The molecule has 31 heavy (non-hydrogen) atoms. The number of anilines is 1. The molecule has 1 atom stereocenters. The van der Waals surface area contributed by atoms with Crippen LogP contribution in [0.1, 0.15) is 50.4 Å². The number of halogens is 1. The average molecular weight is 479 g/mol. The van der Waals surface area contributed by atoms with E-state index in [2.05, 4.69) is 44.3 Å². The number of hydrogen-bond donors (Lipinski definition) is 2. The maximum Gasteiger partial charge on any atom is 0.335 e. The molecule has 1 heterocycles. The van der Waals surface area contributed by atoms with Gasteiger partial charge in [0.15, 0.2) is 0 Å². The number of carboxylic acids is 1. The van der Waals surface area contributed by atoms with Gasteiger partial charge in [-0.05, 0) is 60.4 Å². The van der Waals surface area contributed by atoms with Crippen molar-refractivity contribution in [2.75, 3.05) is 11.4 Å². The van der Waals surface area contributed by atoms with E-state index in [1.807, 2.05) is 31.2 Å². The molecule has 6 heteroatoms. The maximum absolute atomic E-state index is 13.2. The minimum absolute atomic E-state index is 0.130. The first-order valence-corrected chi connectivity index (χ1v) is 11.0. The molecule has 1 aliphatic heterocycles. The molecule has 0 saturated heterocycles. The third-order valence-corrected chi connectivity index (χ3v) is 6.15. The van der Waals surface area contributed by atoms with Gasteiger partial charge in [0.25, 0.3) is 5.91 Å². The number of hydrogen-bond acceptors (Lipinski definition) is 3. The molecule has 2 N–H and O–H groups in total. The Morgan fingerprint density at radius 1 is 1.06 bits per heavy atom. The van der Waals surface area contributed by atoms with Gasteiger partial charge in [-0.15, -0.1) is 0 Å². The van der Waals surface area contributed by atoms with E-state index in [0.29, 0.717) is 5.56 Å². The van der Waals surface area contributed by atoms with Gasteiger partial charge >= 0.3 is 5.97 Å². The summed E-state index contributed by atoms with van der Waals surface area (Å²) < 4.78 is 1.04. The fourth-order valence-electron chi connectivity index (χ4n) is 3.96. The fourth-order valence-corrected chi connectivity index (χ4v) is 4.22. The molecule has 0 aromatic heterocycles. The normalized spacial score (nSPS) is 13.5. The summed E-state index contributed by atoms with van der Waals surface area (Å²) in [5.41, 5.74) is 5.13. The van der Waals surface area contributed by atoms with Crippen molar-refractivity contribution in [2.45, 2.75) is 25.9 Å². The Balaban J connectivity index is 1.53. The number of rotatable bonds is 6. The average Bonchev–Trinajstić information content (AvgIpc) is 3.18. The lowest BCUT2D eigenvalue weighted by atomic mass is 10.0. The predicted octanol–water partition coefficient (Wildman–Crippen LogP) is 5.20. The first-order chi connectivity index (χ1) is 14.9. The third kappa shape index (κ3) is 4.64. The van der Waals surface area contributed by atoms with Crippen molar-refractivity contribution >= 4 is 33.5 Å². The number of nitrogens with zero attached hydrogens (tertiary/aromatic N) is 1. The van der Waals surface area contributed by atoms with Crippen molar-refractivity contribution in [1.82, 2.24) is 5.32 Å². The van der Waals surface area contributed by atoms with Crippen molar-refractivity contribution in [3.05, 3.63) is 99.0 Å². The van der Waals surface area contributed by atoms with E-state index in [1.54, 1.807) is 24.3 Å². The van der Waals surface area contributed by atoms with Gasteiger partial charge in [-0.25, -0.2) is 4.79 Å². The molecule has 158 valence electrons. The topological polar surface area (TPSA) is 69.6 Å². The molecule has 0 radical (unpaired) electrons. The van der Waals surface area contributed by atoms with E-state index in [0.717, 1.165) is 35.2 Å². The monoisotopic (exact) mass is 478 g/mol. The number of aromatic carboxylic acids is 1. The summed E-state index contributed by atoms with van der Waals surface area (Å²) in [5.74, 6) is -1.09. The smallest absolute Gasteiger partial charge is 0.335 e. The highest BCUT2D eigenvalue weighted by Crippen LogP contribution is 2.33. The number of benzene rings is 3. The number of fused-ring (bicyclic) bond motifs is 1. The Morgan fingerprint density at radius 3 is 2.45 bits per heavy atom. The van der Waals surface area contributed by atoms with E-state index in [-0.39, 0.29) is 17.5 Å². The summed E-state index contributed by atoms with van der Waals surface area (Å²) in [6.45, 7) is 3.52. The van der Waals surface area contributed by atoms with Gasteiger partial charge in [-0.2, -0.15) is 0 Å². The van der Waals surface area contributed by atoms with Crippen LogP contribution in [0.2, 0.25) is 0 Å². The molecule has 3 aromatic carbocycles. The second-order valence-electron chi connectivity index (χ2n) is 7.73. The summed E-state index contributed by atoms with van der Waals surface area (Å²) in [6, 6.07) is 20.5. The molecule has 0 spiro atoms. The summed E-state index contributed by atoms with van der Waals surface area (Å²) >= 11 is 3.47. The zero-order chi connectivity index (χ0) is 22.0. The second kappa shape index (κ2) is 8.94. The lowest BCUT2D eigenvalue weighted by Crippen LogP contribution is -2.29. The first-order valence-electron chi connectivity index (χ1n) is 10.2. The van der Waals surface area contributed by atoms with Crippen LogP contribution in [-0.4, -0.2) is 23.5 Å². The Labute approximate surface area is 189 Å². The molecule has 0 bridgehead atoms. The number of carboxylic acid groups (broad SMARTS) is 1. The van der Waals surface area contributed by atoms with Crippen molar-refractivity contribution in [3.63, 3.8) is 0 Å². The highest BCUT2D eigenvalue weighted by molar-refractivity contribution is 9.10. The predicted molar refractivity (Wildman–Crippen MR) is 125 cm³/mol. The lowest BCUT2D eigenvalue weighted by molar-refractivity contribution is 0.0696. The number of nitrogens with one attached hydrogen (secondary N) is 1. The number of para-hydroxylation sites is 1. The standard InChI is InChI=1S/C25H23BrN2O3/c1-16(18-7-9-20(10-8-18)25(30)31)27-24(29)22-4-2-3-19-13-14-28(23(19)22)15-17-5-11-21(26)12-6-17/h2-12,16H,13-15H2,1H3,(H,27,29)(H,30,31)/t16-/m0/s1. The summed E-state index contributed by atoms with van der Waals surface area (Å²) in [5, 5.41) is 12.1. The molecule has 0 unspecified atom stereocenters. The van der Waals surface area contributed by atoms with Crippen molar-refractivity contribution < 1.29 is 14.7 Å². The summed E-state index contributed by atoms with van der Waals surface area (Å²) in [6.07, 6.45) is 0.916. The fraction of sp³-hybridized carbons (Fsp3) is 0.200. The van der Waals surface area contributed by atoms with E-state index < -0.39 is 5.97 Å². The number of amides is 1. The lowest BCUT2D eigenvalue weighted by Gasteiger charge is -2.23. The van der Waals surface area contributed by atoms with Gasteiger partial charge in [0.1, 0.15) is 0 Å². The van der Waals surface area contributed by atoms with Gasteiger partial charge < -0.3 is 15.3 Å². The number of carbonyl (C=O) groups excluding carboxylic acids is 1. The SMILES string of the molecule is C[C@H](NC(=O)c1cccc2c1N(Cc1ccc(Br)cc1)CC2)c1ccc(C(=O)O)cc1. The minimum atomic E-state index is -0.964. The van der Waals surface area contributed by atoms with Gasteiger partial charge in [-0.3, -0.25) is 4.79 Å². The molecule has 1 amide bonds. The molecule has 0 aliphatic carbocycles. The summed E-state index contributed by atoms with van der Waals surface area (Å²) in [7, 11) is 0. The second-order valence-corrected chi connectivity index (χ2v) is 8.65. The molecular formula is C25H23BrN2O3. The van der Waals surface area contributed by atoms with E-state index in [4.69, 9.17) is 5.11 Å². The van der Waals surface area contributed by atoms with Crippen LogP contribution in [0.15, 0.2) is 71.2 Å². The van der Waals surface area contributed by atoms with Crippen LogP contribution in [0.4, 0.5) is 5.69 Å². The van der Waals surface area contributed by atoms with E-state index in [1.165, 1.54) is 11.1 Å². The van der Waals surface area contributed by atoms with Crippen molar-refractivity contribution in [1.29, 1.82) is 0 Å². The van der Waals surface area contributed by atoms with Crippen LogP contribution in [0.3, 0.4) is 0 Å². The van der Waals surface area contributed by atoms with Gasteiger partial charge in [0.2, 0.25) is 0 Å². The van der Waals surface area contributed by atoms with Gasteiger partial charge in [0.05, 0.1) is 22.9 Å². The van der Waals surface area contributed by atoms with Crippen LogP contribution in [0, 0.1) is 0 Å². The Kier molecular flexibility index (Phi) is 6.09. The maximum atomic E-state index is 13.2. The molecule has 0 fully saturated rings.